The van der Waals surface area contributed by atoms with Crippen molar-refractivity contribution < 1.29 is 18.3 Å². The normalized spacial score (nSPS) is 16.2. The van der Waals surface area contributed by atoms with Gasteiger partial charge in [-0.05, 0) is 36.4 Å². The standard InChI is InChI=1S/C20H17F2N5O3S2/c21-13-4-3-11(8-14(13)22)23-16(28)10-32-20-25-24-19-26(9-12-2-1-6-30-12)18(29)17-15(27(19)20)5-7-31-17/h3-5,7-8,12H,1-2,6,9-10H2,(H,23,28). The van der Waals surface area contributed by atoms with Crippen LogP contribution >= 0.6 is 23.1 Å². The molecule has 4 heterocycles. The lowest BCUT2D eigenvalue weighted by Crippen LogP contribution is -2.28. The molecule has 1 atom stereocenters. The second kappa shape index (κ2) is 8.60. The Labute approximate surface area is 188 Å². The quantitative estimate of drug-likeness (QED) is 0.429. The number of thioether (sulfide) groups is 1. The Balaban J connectivity index is 1.42. The van der Waals surface area contributed by atoms with E-state index in [1.807, 2.05) is 11.4 Å². The summed E-state index contributed by atoms with van der Waals surface area (Å²) < 4.78 is 36.0. The maximum atomic E-state index is 13.4. The SMILES string of the molecule is O=C(CSc1nnc2n(CC3CCCO3)c(=O)c3sccc3n12)Nc1ccc(F)c(F)c1. The molecule has 1 aliphatic rings. The molecule has 0 saturated carbocycles. The summed E-state index contributed by atoms with van der Waals surface area (Å²) in [6, 6.07) is 4.97. The fraction of sp³-hybridized carbons (Fsp3) is 0.300. The summed E-state index contributed by atoms with van der Waals surface area (Å²) in [5.74, 6) is -2.08. The Morgan fingerprint density at radius 3 is 2.94 bits per heavy atom. The average molecular weight is 478 g/mol. The number of hydrogen-bond acceptors (Lipinski definition) is 7. The first-order valence-corrected chi connectivity index (χ1v) is 11.7. The Kier molecular flexibility index (Phi) is 5.66. The number of rotatable bonds is 6. The molecule has 1 fully saturated rings. The van der Waals surface area contributed by atoms with E-state index in [1.165, 1.54) is 17.4 Å². The number of carbonyl (C=O) groups is 1. The number of benzene rings is 1. The van der Waals surface area contributed by atoms with Crippen LogP contribution in [-0.4, -0.2) is 43.5 Å². The fourth-order valence-corrected chi connectivity index (χ4v) is 5.22. The van der Waals surface area contributed by atoms with Crippen molar-refractivity contribution in [3.05, 3.63) is 51.6 Å². The molecule has 4 aromatic rings. The lowest BCUT2D eigenvalue weighted by molar-refractivity contribution is -0.113. The van der Waals surface area contributed by atoms with Crippen molar-refractivity contribution in [3.8, 4) is 0 Å². The first-order chi connectivity index (χ1) is 15.5. The maximum Gasteiger partial charge on any atom is 0.272 e. The predicted molar refractivity (Wildman–Crippen MR) is 117 cm³/mol. The van der Waals surface area contributed by atoms with Gasteiger partial charge in [-0.25, -0.2) is 8.78 Å². The Morgan fingerprint density at radius 2 is 2.16 bits per heavy atom. The van der Waals surface area contributed by atoms with E-state index >= 15 is 0 Å². The largest absolute Gasteiger partial charge is 0.376 e. The second-order valence-corrected chi connectivity index (χ2v) is 9.13. The molecule has 1 N–H and O–H groups in total. The minimum absolute atomic E-state index is 0.0315. The Hall–Kier alpha value is -2.83. The van der Waals surface area contributed by atoms with Gasteiger partial charge < -0.3 is 10.1 Å². The van der Waals surface area contributed by atoms with Crippen molar-refractivity contribution in [2.75, 3.05) is 17.7 Å². The minimum atomic E-state index is -1.04. The van der Waals surface area contributed by atoms with Crippen molar-refractivity contribution in [1.29, 1.82) is 0 Å². The summed E-state index contributed by atoms with van der Waals surface area (Å²) in [5.41, 5.74) is 0.691. The zero-order chi connectivity index (χ0) is 22.2. The molecule has 0 bridgehead atoms. The van der Waals surface area contributed by atoms with Crippen LogP contribution in [0.3, 0.4) is 0 Å². The van der Waals surface area contributed by atoms with Crippen LogP contribution in [0.2, 0.25) is 0 Å². The molecule has 1 aromatic carbocycles. The zero-order valence-corrected chi connectivity index (χ0v) is 18.2. The molecule has 5 rings (SSSR count). The van der Waals surface area contributed by atoms with Gasteiger partial charge in [0.2, 0.25) is 11.7 Å². The van der Waals surface area contributed by atoms with Crippen molar-refractivity contribution >= 4 is 50.7 Å². The number of halogens is 2. The summed E-state index contributed by atoms with van der Waals surface area (Å²) >= 11 is 2.47. The third kappa shape index (κ3) is 3.89. The highest BCUT2D eigenvalue weighted by atomic mass is 32.2. The van der Waals surface area contributed by atoms with Gasteiger partial charge in [0, 0.05) is 18.4 Å². The van der Waals surface area contributed by atoms with Gasteiger partial charge in [0.15, 0.2) is 16.8 Å². The Bertz CT molecular complexity index is 1380. The Morgan fingerprint density at radius 1 is 1.28 bits per heavy atom. The number of aromatic nitrogens is 4. The van der Waals surface area contributed by atoms with Crippen LogP contribution in [0.15, 0.2) is 39.6 Å². The summed E-state index contributed by atoms with van der Waals surface area (Å²) in [7, 11) is 0. The molecule has 12 heteroatoms. The molecule has 8 nitrogen and oxygen atoms in total. The van der Waals surface area contributed by atoms with E-state index in [4.69, 9.17) is 4.74 Å². The maximum absolute atomic E-state index is 13.4. The first-order valence-electron chi connectivity index (χ1n) is 9.85. The number of thiophene rings is 1. The van der Waals surface area contributed by atoms with Gasteiger partial charge in [0.1, 0.15) is 4.70 Å². The second-order valence-electron chi connectivity index (χ2n) is 7.27. The molecule has 1 aliphatic heterocycles. The van der Waals surface area contributed by atoms with Crippen molar-refractivity contribution in [1.82, 2.24) is 19.2 Å². The van der Waals surface area contributed by atoms with Gasteiger partial charge in [-0.15, -0.1) is 21.5 Å². The number of nitrogens with one attached hydrogen (secondary N) is 1. The highest BCUT2D eigenvalue weighted by Gasteiger charge is 2.23. The highest BCUT2D eigenvalue weighted by Crippen LogP contribution is 2.25. The number of amides is 1. The molecule has 166 valence electrons. The van der Waals surface area contributed by atoms with Crippen LogP contribution in [-0.2, 0) is 16.1 Å². The van der Waals surface area contributed by atoms with Crippen LogP contribution in [0, 0.1) is 11.6 Å². The van der Waals surface area contributed by atoms with E-state index in [0.717, 1.165) is 36.7 Å². The lowest BCUT2D eigenvalue weighted by Gasteiger charge is -2.13. The third-order valence-electron chi connectivity index (χ3n) is 5.13. The van der Waals surface area contributed by atoms with E-state index in [0.29, 0.717) is 34.3 Å². The monoisotopic (exact) mass is 477 g/mol. The summed E-state index contributed by atoms with van der Waals surface area (Å²) in [5, 5.41) is 13.2. The van der Waals surface area contributed by atoms with Crippen LogP contribution < -0.4 is 10.9 Å². The zero-order valence-electron chi connectivity index (χ0n) is 16.6. The summed E-state index contributed by atoms with van der Waals surface area (Å²) in [6.07, 6.45) is 1.78. The third-order valence-corrected chi connectivity index (χ3v) is 6.95. The highest BCUT2D eigenvalue weighted by molar-refractivity contribution is 7.99. The molecule has 1 amide bonds. The van der Waals surface area contributed by atoms with Crippen molar-refractivity contribution in [3.63, 3.8) is 0 Å². The molecule has 0 radical (unpaired) electrons. The van der Waals surface area contributed by atoms with Crippen molar-refractivity contribution in [2.24, 2.45) is 0 Å². The van der Waals surface area contributed by atoms with Gasteiger partial charge in [-0.2, -0.15) is 0 Å². The predicted octanol–water partition coefficient (Wildman–Crippen LogP) is 3.29. The van der Waals surface area contributed by atoms with E-state index in [-0.39, 0.29) is 23.1 Å². The van der Waals surface area contributed by atoms with Crippen LogP contribution in [0.25, 0.3) is 16.0 Å². The molecular formula is C20H17F2N5O3S2. The lowest BCUT2D eigenvalue weighted by atomic mass is 10.2. The van der Waals surface area contributed by atoms with E-state index in [2.05, 4.69) is 15.5 Å². The minimum Gasteiger partial charge on any atom is -0.376 e. The summed E-state index contributed by atoms with van der Waals surface area (Å²) in [4.78, 5) is 25.4. The van der Waals surface area contributed by atoms with E-state index in [9.17, 15) is 18.4 Å². The van der Waals surface area contributed by atoms with Gasteiger partial charge in [0.05, 0.1) is 23.9 Å². The van der Waals surface area contributed by atoms with E-state index in [1.54, 1.807) is 8.97 Å². The average Bonchev–Trinajstić information content (AvgIpc) is 3.52. The van der Waals surface area contributed by atoms with Crippen LogP contribution in [0.1, 0.15) is 12.8 Å². The molecule has 0 aliphatic carbocycles. The smallest absolute Gasteiger partial charge is 0.272 e. The number of nitrogens with zero attached hydrogens (tertiary/aromatic N) is 4. The number of carbonyl (C=O) groups excluding carboxylic acids is 1. The van der Waals surface area contributed by atoms with Gasteiger partial charge in [-0.3, -0.25) is 18.6 Å². The molecule has 1 saturated heterocycles. The van der Waals surface area contributed by atoms with Gasteiger partial charge >= 0.3 is 0 Å². The fourth-order valence-electron chi connectivity index (χ4n) is 3.65. The molecule has 3 aromatic heterocycles. The van der Waals surface area contributed by atoms with Crippen LogP contribution in [0.5, 0.6) is 0 Å². The number of fused-ring (bicyclic) bond motifs is 3. The van der Waals surface area contributed by atoms with Gasteiger partial charge in [0.25, 0.3) is 5.56 Å². The van der Waals surface area contributed by atoms with Crippen molar-refractivity contribution in [2.45, 2.75) is 30.6 Å². The molecule has 0 spiro atoms. The summed E-state index contributed by atoms with van der Waals surface area (Å²) in [6.45, 7) is 1.06. The number of hydrogen-bond donors (Lipinski definition) is 1. The molecular weight excluding hydrogens is 460 g/mol. The van der Waals surface area contributed by atoms with E-state index < -0.39 is 17.5 Å². The van der Waals surface area contributed by atoms with Crippen LogP contribution in [0.4, 0.5) is 14.5 Å². The topological polar surface area (TPSA) is 90.5 Å². The molecule has 32 heavy (non-hydrogen) atoms. The molecule has 1 unspecified atom stereocenters. The first kappa shape index (κ1) is 21.0. The number of ether oxygens (including phenoxy) is 1. The number of anilines is 1. The van der Waals surface area contributed by atoms with Gasteiger partial charge in [-0.1, -0.05) is 11.8 Å².